The molecule has 72 valence electrons. The van der Waals surface area contributed by atoms with E-state index in [1.807, 2.05) is 35.7 Å². The molecule has 0 saturated carbocycles. The van der Waals surface area contributed by atoms with E-state index in [0.717, 1.165) is 0 Å². The number of rotatable bonds is 0. The van der Waals surface area contributed by atoms with E-state index in [4.69, 9.17) is 0 Å². The van der Waals surface area contributed by atoms with Crippen LogP contribution in [0.2, 0.25) is 0 Å². The van der Waals surface area contributed by atoms with Gasteiger partial charge in [0.25, 0.3) is 0 Å². The summed E-state index contributed by atoms with van der Waals surface area (Å²) in [6, 6.07) is 0. The third-order valence-electron chi connectivity index (χ3n) is 1.89. The third-order valence-corrected chi connectivity index (χ3v) is 4.67. The van der Waals surface area contributed by atoms with E-state index >= 15 is 0 Å². The number of thioether (sulfide) groups is 2. The smallest absolute Gasteiger partial charge is 0.0474 e. The highest BCUT2D eigenvalue weighted by Gasteiger charge is 2.10. The summed E-state index contributed by atoms with van der Waals surface area (Å²) in [6.45, 7) is 0. The molecule has 0 spiro atoms. The lowest BCUT2D eigenvalue weighted by molar-refractivity contribution is 1.59. The Morgan fingerprint density at radius 3 is 1.79 bits per heavy atom. The Morgan fingerprint density at radius 1 is 0.714 bits per heavy atom. The zero-order chi connectivity index (χ0) is 9.64. The molecule has 1 saturated heterocycles. The van der Waals surface area contributed by atoms with Crippen molar-refractivity contribution >= 4 is 23.5 Å². The first-order chi connectivity index (χ1) is 6.97. The van der Waals surface area contributed by atoms with Crippen molar-refractivity contribution in [1.29, 1.82) is 0 Å². The van der Waals surface area contributed by atoms with Gasteiger partial charge in [-0.3, -0.25) is 0 Å². The minimum absolute atomic E-state index is 1.25. The van der Waals surface area contributed by atoms with E-state index in [1.165, 1.54) is 21.3 Å². The summed E-state index contributed by atoms with van der Waals surface area (Å²) in [5.41, 5.74) is 1.34. The second kappa shape index (κ2) is 5.32. The van der Waals surface area contributed by atoms with Gasteiger partial charge < -0.3 is 0 Å². The molecule has 0 aromatic heterocycles. The molecule has 0 radical (unpaired) electrons. The number of hydrogen-bond acceptors (Lipinski definition) is 2. The monoisotopic (exact) mass is 220 g/mol. The Kier molecular flexibility index (Phi) is 3.78. The Balaban J connectivity index is 2.28. The largest absolute Gasteiger partial charge is 0.118 e. The fourth-order valence-electron chi connectivity index (χ4n) is 1.24. The molecule has 0 bridgehead atoms. The van der Waals surface area contributed by atoms with Gasteiger partial charge in [-0.25, -0.2) is 0 Å². The maximum Gasteiger partial charge on any atom is 0.0474 e. The van der Waals surface area contributed by atoms with Gasteiger partial charge in [-0.1, -0.05) is 48.6 Å². The molecule has 0 unspecified atom stereocenters. The van der Waals surface area contributed by atoms with Crippen LogP contribution in [0.4, 0.5) is 0 Å². The standard InChI is InChI=1S/C12H12S2/c1-2-4-6-8-11(7-5-3-1)12-13-9-10-14-12/h1-8H,9-10H2/b3-1-,4-2-,7-5-,8-6-. The van der Waals surface area contributed by atoms with Crippen molar-refractivity contribution < 1.29 is 0 Å². The SMILES string of the molecule is C1=C\C=C/C(=C2SCCS2)/C=C\C=C/1. The normalized spacial score (nSPS) is 30.3. The molecule has 0 atom stereocenters. The minimum atomic E-state index is 1.25. The molecule has 1 heterocycles. The van der Waals surface area contributed by atoms with Gasteiger partial charge in [0.2, 0.25) is 0 Å². The van der Waals surface area contributed by atoms with Crippen molar-refractivity contribution in [3.63, 3.8) is 0 Å². The van der Waals surface area contributed by atoms with Crippen LogP contribution < -0.4 is 0 Å². The van der Waals surface area contributed by atoms with Crippen LogP contribution in [0.15, 0.2) is 58.4 Å². The van der Waals surface area contributed by atoms with E-state index in [1.54, 1.807) is 0 Å². The molecular weight excluding hydrogens is 208 g/mol. The zero-order valence-corrected chi connectivity index (χ0v) is 9.48. The summed E-state index contributed by atoms with van der Waals surface area (Å²) in [4.78, 5) is 0. The Labute approximate surface area is 93.5 Å². The summed E-state index contributed by atoms with van der Waals surface area (Å²) in [6.07, 6.45) is 16.8. The fraction of sp³-hybridized carbons (Fsp3) is 0.167. The highest BCUT2D eigenvalue weighted by molar-refractivity contribution is 8.25. The molecule has 2 heteroatoms. The molecular formula is C12H12S2. The van der Waals surface area contributed by atoms with Crippen molar-refractivity contribution in [3.8, 4) is 0 Å². The Morgan fingerprint density at radius 2 is 1.21 bits per heavy atom. The molecule has 0 N–H and O–H groups in total. The topological polar surface area (TPSA) is 0 Å². The van der Waals surface area contributed by atoms with Gasteiger partial charge >= 0.3 is 0 Å². The molecule has 0 nitrogen and oxygen atoms in total. The lowest BCUT2D eigenvalue weighted by atomic mass is 10.2. The predicted molar refractivity (Wildman–Crippen MR) is 68.5 cm³/mol. The van der Waals surface area contributed by atoms with Crippen molar-refractivity contribution in [2.45, 2.75) is 0 Å². The summed E-state index contributed by atoms with van der Waals surface area (Å²) in [5, 5.41) is 0. The van der Waals surface area contributed by atoms with Crippen molar-refractivity contribution in [3.05, 3.63) is 58.4 Å². The summed E-state index contributed by atoms with van der Waals surface area (Å²) in [5.74, 6) is 2.49. The maximum atomic E-state index is 2.18. The Hall–Kier alpha value is -0.600. The van der Waals surface area contributed by atoms with Gasteiger partial charge in [0.15, 0.2) is 0 Å². The Bertz CT molecular complexity index is 311. The second-order valence-electron chi connectivity index (χ2n) is 2.93. The first-order valence-electron chi connectivity index (χ1n) is 4.65. The lowest BCUT2D eigenvalue weighted by Crippen LogP contribution is -1.73. The first kappa shape index (κ1) is 9.94. The highest BCUT2D eigenvalue weighted by atomic mass is 32.2. The quantitative estimate of drug-likeness (QED) is 0.607. The van der Waals surface area contributed by atoms with Crippen LogP contribution in [0.1, 0.15) is 0 Å². The van der Waals surface area contributed by atoms with E-state index in [-0.39, 0.29) is 0 Å². The van der Waals surface area contributed by atoms with Gasteiger partial charge in [-0.2, -0.15) is 0 Å². The minimum Gasteiger partial charge on any atom is -0.118 e. The average molecular weight is 220 g/mol. The average Bonchev–Trinajstić information content (AvgIpc) is 2.75. The van der Waals surface area contributed by atoms with E-state index in [9.17, 15) is 0 Å². The van der Waals surface area contributed by atoms with E-state index < -0.39 is 0 Å². The number of allylic oxidation sites excluding steroid dienone is 9. The van der Waals surface area contributed by atoms with Crippen LogP contribution in [-0.2, 0) is 0 Å². The molecule has 0 aromatic carbocycles. The van der Waals surface area contributed by atoms with Crippen LogP contribution >= 0.6 is 23.5 Å². The first-order valence-corrected chi connectivity index (χ1v) is 6.62. The third kappa shape index (κ3) is 2.69. The molecule has 1 fully saturated rings. The summed E-state index contributed by atoms with van der Waals surface area (Å²) in [7, 11) is 0. The second-order valence-corrected chi connectivity index (χ2v) is 5.40. The van der Waals surface area contributed by atoms with Gasteiger partial charge in [0, 0.05) is 15.7 Å². The molecule has 2 aliphatic rings. The highest BCUT2D eigenvalue weighted by Crippen LogP contribution is 2.39. The molecule has 0 amide bonds. The predicted octanol–water partition coefficient (Wildman–Crippen LogP) is 3.92. The summed E-state index contributed by atoms with van der Waals surface area (Å²) >= 11 is 3.93. The molecule has 1 aliphatic carbocycles. The van der Waals surface area contributed by atoms with Gasteiger partial charge in [-0.15, -0.1) is 23.5 Å². The summed E-state index contributed by atoms with van der Waals surface area (Å²) < 4.78 is 1.46. The van der Waals surface area contributed by atoms with Gasteiger partial charge in [0.1, 0.15) is 0 Å². The van der Waals surface area contributed by atoms with Gasteiger partial charge in [0.05, 0.1) is 0 Å². The maximum absolute atomic E-state index is 2.18. The molecule has 0 aromatic rings. The van der Waals surface area contributed by atoms with E-state index in [0.29, 0.717) is 0 Å². The fourth-order valence-corrected chi connectivity index (χ4v) is 3.72. The van der Waals surface area contributed by atoms with Crippen LogP contribution in [0.3, 0.4) is 0 Å². The van der Waals surface area contributed by atoms with E-state index in [2.05, 4.69) is 36.5 Å². The number of hydrogen-bond donors (Lipinski definition) is 0. The van der Waals surface area contributed by atoms with Crippen LogP contribution in [0.25, 0.3) is 0 Å². The van der Waals surface area contributed by atoms with Gasteiger partial charge in [-0.05, 0) is 5.57 Å². The molecule has 1 aliphatic heterocycles. The van der Waals surface area contributed by atoms with Crippen molar-refractivity contribution in [2.24, 2.45) is 0 Å². The molecule has 2 rings (SSSR count). The van der Waals surface area contributed by atoms with Crippen LogP contribution in [-0.4, -0.2) is 11.5 Å². The van der Waals surface area contributed by atoms with Crippen molar-refractivity contribution in [2.75, 3.05) is 11.5 Å². The van der Waals surface area contributed by atoms with Crippen LogP contribution in [0.5, 0.6) is 0 Å². The zero-order valence-electron chi connectivity index (χ0n) is 7.85. The lowest BCUT2D eigenvalue weighted by Gasteiger charge is -1.98. The van der Waals surface area contributed by atoms with Crippen molar-refractivity contribution in [1.82, 2.24) is 0 Å². The molecule has 14 heavy (non-hydrogen) atoms. The van der Waals surface area contributed by atoms with Crippen LogP contribution in [0, 0.1) is 0 Å².